The molecule has 0 aromatic carbocycles. The van der Waals surface area contributed by atoms with Crippen molar-refractivity contribution >= 4 is 5.90 Å². The highest BCUT2D eigenvalue weighted by Gasteiger charge is 2.35. The van der Waals surface area contributed by atoms with Crippen LogP contribution in [0.4, 0.5) is 0 Å². The fourth-order valence-corrected chi connectivity index (χ4v) is 3.42. The first kappa shape index (κ1) is 18.1. The zero-order valence-electron chi connectivity index (χ0n) is 14.5. The molecule has 1 aliphatic rings. The van der Waals surface area contributed by atoms with E-state index in [4.69, 9.17) is 15.9 Å². The summed E-state index contributed by atoms with van der Waals surface area (Å²) in [5.74, 6) is 1.24. The summed E-state index contributed by atoms with van der Waals surface area (Å²) in [5.41, 5.74) is 7.11. The molecule has 0 bridgehead atoms. The van der Waals surface area contributed by atoms with Gasteiger partial charge in [0.1, 0.15) is 6.10 Å². The van der Waals surface area contributed by atoms with E-state index in [1.165, 1.54) is 25.7 Å². The van der Waals surface area contributed by atoms with Crippen molar-refractivity contribution in [3.63, 3.8) is 0 Å². The van der Waals surface area contributed by atoms with Gasteiger partial charge in [0.15, 0.2) is 0 Å². The molecule has 0 spiro atoms. The van der Waals surface area contributed by atoms with E-state index in [0.29, 0.717) is 5.41 Å². The van der Waals surface area contributed by atoms with Crippen LogP contribution in [-0.2, 0) is 4.74 Å². The SMILES string of the molecule is CCC1(CC(C)C)CCC(OC(=N)/C=C(\N)C(C)C)CC1. The van der Waals surface area contributed by atoms with E-state index in [9.17, 15) is 0 Å². The van der Waals surface area contributed by atoms with Gasteiger partial charge in [-0.3, -0.25) is 5.41 Å². The van der Waals surface area contributed by atoms with Crippen molar-refractivity contribution in [3.8, 4) is 0 Å². The molecule has 122 valence electrons. The summed E-state index contributed by atoms with van der Waals surface area (Å²) < 4.78 is 5.78. The largest absolute Gasteiger partial charge is 0.475 e. The smallest absolute Gasteiger partial charge is 0.207 e. The van der Waals surface area contributed by atoms with Crippen LogP contribution in [0, 0.1) is 22.7 Å². The first-order chi connectivity index (χ1) is 9.78. The van der Waals surface area contributed by atoms with Gasteiger partial charge < -0.3 is 10.5 Å². The van der Waals surface area contributed by atoms with Crippen LogP contribution in [-0.4, -0.2) is 12.0 Å². The lowest BCUT2D eigenvalue weighted by atomic mass is 9.67. The van der Waals surface area contributed by atoms with Gasteiger partial charge in [-0.2, -0.15) is 0 Å². The molecule has 0 aromatic rings. The molecule has 0 radical (unpaired) electrons. The molecule has 1 aliphatic carbocycles. The van der Waals surface area contributed by atoms with Crippen LogP contribution in [0.15, 0.2) is 11.8 Å². The van der Waals surface area contributed by atoms with Crippen molar-refractivity contribution in [1.82, 2.24) is 0 Å². The Hall–Kier alpha value is -0.990. The van der Waals surface area contributed by atoms with Gasteiger partial charge in [-0.1, -0.05) is 41.0 Å². The van der Waals surface area contributed by atoms with Crippen LogP contribution in [0.1, 0.15) is 73.1 Å². The molecule has 3 N–H and O–H groups in total. The monoisotopic (exact) mass is 294 g/mol. The number of nitrogens with two attached hydrogens (primary N) is 1. The lowest BCUT2D eigenvalue weighted by Crippen LogP contribution is -2.32. The zero-order chi connectivity index (χ0) is 16.0. The van der Waals surface area contributed by atoms with E-state index >= 15 is 0 Å². The molecular weight excluding hydrogens is 260 g/mol. The Morgan fingerprint density at radius 2 is 1.86 bits per heavy atom. The highest BCUT2D eigenvalue weighted by Crippen LogP contribution is 2.44. The molecule has 0 atom stereocenters. The summed E-state index contributed by atoms with van der Waals surface area (Å²) in [6.07, 6.45) is 9.02. The highest BCUT2D eigenvalue weighted by molar-refractivity contribution is 5.85. The van der Waals surface area contributed by atoms with Crippen molar-refractivity contribution in [3.05, 3.63) is 11.8 Å². The Morgan fingerprint density at radius 1 is 1.29 bits per heavy atom. The topological polar surface area (TPSA) is 59.1 Å². The van der Waals surface area contributed by atoms with Gasteiger partial charge in [0, 0.05) is 11.8 Å². The van der Waals surface area contributed by atoms with Crippen LogP contribution >= 0.6 is 0 Å². The molecule has 3 nitrogen and oxygen atoms in total. The van der Waals surface area contributed by atoms with E-state index in [-0.39, 0.29) is 17.9 Å². The summed E-state index contributed by atoms with van der Waals surface area (Å²) in [6.45, 7) is 11.0. The minimum Gasteiger partial charge on any atom is -0.475 e. The maximum Gasteiger partial charge on any atom is 0.207 e. The van der Waals surface area contributed by atoms with Crippen LogP contribution in [0.5, 0.6) is 0 Å². The summed E-state index contributed by atoms with van der Waals surface area (Å²) in [7, 11) is 0. The highest BCUT2D eigenvalue weighted by atomic mass is 16.5. The number of hydrogen-bond acceptors (Lipinski definition) is 3. The summed E-state index contributed by atoms with van der Waals surface area (Å²) in [5, 5.41) is 7.93. The molecule has 0 aromatic heterocycles. The Kier molecular flexibility index (Phi) is 6.76. The van der Waals surface area contributed by atoms with Crippen molar-refractivity contribution < 1.29 is 4.74 Å². The fraction of sp³-hybridized carbons (Fsp3) is 0.833. The maximum absolute atomic E-state index is 7.93. The van der Waals surface area contributed by atoms with E-state index < -0.39 is 0 Å². The van der Waals surface area contributed by atoms with E-state index in [0.717, 1.165) is 24.5 Å². The quantitative estimate of drug-likeness (QED) is 0.542. The lowest BCUT2D eigenvalue weighted by Gasteiger charge is -2.40. The van der Waals surface area contributed by atoms with Gasteiger partial charge in [0.2, 0.25) is 5.90 Å². The van der Waals surface area contributed by atoms with Gasteiger partial charge in [-0.05, 0) is 49.4 Å². The van der Waals surface area contributed by atoms with E-state index in [2.05, 4.69) is 20.8 Å². The summed E-state index contributed by atoms with van der Waals surface area (Å²) >= 11 is 0. The number of allylic oxidation sites excluding steroid dienone is 1. The van der Waals surface area contributed by atoms with Crippen LogP contribution in [0.2, 0.25) is 0 Å². The second kappa shape index (κ2) is 7.86. The van der Waals surface area contributed by atoms with Crippen molar-refractivity contribution in [2.24, 2.45) is 23.0 Å². The third-order valence-electron chi connectivity index (χ3n) is 4.84. The van der Waals surface area contributed by atoms with Crippen molar-refractivity contribution in [1.29, 1.82) is 5.41 Å². The molecule has 1 fully saturated rings. The molecule has 3 heteroatoms. The average Bonchev–Trinajstić information content (AvgIpc) is 2.40. The Labute approximate surface area is 130 Å². The second-order valence-corrected chi connectivity index (χ2v) is 7.43. The van der Waals surface area contributed by atoms with E-state index in [1.807, 2.05) is 13.8 Å². The normalized spacial score (nSPS) is 27.2. The standard InChI is InChI=1S/C18H34N2O/c1-6-18(12-13(2)3)9-7-15(8-10-18)21-17(20)11-16(19)14(4)5/h11,13-15,20H,6-10,12,19H2,1-5H3/b16-11-,20-17?. The maximum atomic E-state index is 7.93. The van der Waals surface area contributed by atoms with Crippen LogP contribution < -0.4 is 5.73 Å². The number of rotatable bonds is 6. The predicted octanol–water partition coefficient (Wildman–Crippen LogP) is 4.86. The Balaban J connectivity index is 2.49. The summed E-state index contributed by atoms with van der Waals surface area (Å²) in [6, 6.07) is 0. The van der Waals surface area contributed by atoms with E-state index in [1.54, 1.807) is 6.08 Å². The van der Waals surface area contributed by atoms with Gasteiger partial charge in [0.05, 0.1) is 0 Å². The Bertz CT molecular complexity index is 363. The molecular formula is C18H34N2O. The van der Waals surface area contributed by atoms with Crippen LogP contribution in [0.3, 0.4) is 0 Å². The molecule has 0 unspecified atom stereocenters. The third-order valence-corrected chi connectivity index (χ3v) is 4.84. The number of ether oxygens (including phenoxy) is 1. The minimum atomic E-state index is 0.195. The van der Waals surface area contributed by atoms with Crippen molar-refractivity contribution in [2.45, 2.75) is 79.2 Å². The second-order valence-electron chi connectivity index (χ2n) is 7.43. The first-order valence-electron chi connectivity index (χ1n) is 8.50. The van der Waals surface area contributed by atoms with Gasteiger partial charge in [-0.15, -0.1) is 0 Å². The molecule has 0 heterocycles. The minimum absolute atomic E-state index is 0.195. The van der Waals surface area contributed by atoms with Gasteiger partial charge in [-0.25, -0.2) is 0 Å². The third kappa shape index (κ3) is 5.72. The summed E-state index contributed by atoms with van der Waals surface area (Å²) in [4.78, 5) is 0. The molecule has 21 heavy (non-hydrogen) atoms. The fourth-order valence-electron chi connectivity index (χ4n) is 3.42. The predicted molar refractivity (Wildman–Crippen MR) is 90.4 cm³/mol. The van der Waals surface area contributed by atoms with Gasteiger partial charge >= 0.3 is 0 Å². The molecule has 1 rings (SSSR count). The molecule has 1 saturated carbocycles. The average molecular weight is 294 g/mol. The van der Waals surface area contributed by atoms with Gasteiger partial charge in [0.25, 0.3) is 0 Å². The molecule has 0 amide bonds. The lowest BCUT2D eigenvalue weighted by molar-refractivity contribution is 0.0551. The van der Waals surface area contributed by atoms with Crippen LogP contribution in [0.25, 0.3) is 0 Å². The zero-order valence-corrected chi connectivity index (χ0v) is 14.5. The molecule has 0 saturated heterocycles. The van der Waals surface area contributed by atoms with Crippen molar-refractivity contribution in [2.75, 3.05) is 0 Å². The Morgan fingerprint density at radius 3 is 2.29 bits per heavy atom. The first-order valence-corrected chi connectivity index (χ1v) is 8.50. The number of hydrogen-bond donors (Lipinski definition) is 2. The number of nitrogens with one attached hydrogen (secondary N) is 1. The molecule has 0 aliphatic heterocycles.